The first kappa shape index (κ1) is 18.3. The van der Waals surface area contributed by atoms with E-state index in [0.29, 0.717) is 36.0 Å². The van der Waals surface area contributed by atoms with E-state index >= 15 is 0 Å². The molecule has 7 nitrogen and oxygen atoms in total. The minimum absolute atomic E-state index is 0.281. The Bertz CT molecular complexity index is 603. The molecule has 0 bridgehead atoms. The van der Waals surface area contributed by atoms with E-state index in [0.717, 1.165) is 24.6 Å². The topological polar surface area (TPSA) is 78.5 Å². The Morgan fingerprint density at radius 3 is 2.84 bits per heavy atom. The van der Waals surface area contributed by atoms with Crippen molar-refractivity contribution in [3.05, 3.63) is 11.1 Å². The molecule has 1 aliphatic heterocycles. The fourth-order valence-corrected chi connectivity index (χ4v) is 4.24. The van der Waals surface area contributed by atoms with E-state index in [1.54, 1.807) is 5.38 Å². The smallest absolute Gasteiger partial charge is 0.289 e. The van der Waals surface area contributed by atoms with Crippen molar-refractivity contribution in [1.29, 1.82) is 0 Å². The minimum atomic E-state index is -0.281. The van der Waals surface area contributed by atoms with Crippen LogP contribution in [-0.2, 0) is 4.74 Å². The number of nitrogens with one attached hydrogen (secondary N) is 3. The molecule has 2 atom stereocenters. The highest BCUT2D eigenvalue weighted by atomic mass is 32.1. The lowest BCUT2D eigenvalue weighted by Gasteiger charge is -2.30. The Morgan fingerprint density at radius 2 is 2.08 bits per heavy atom. The summed E-state index contributed by atoms with van der Waals surface area (Å²) >= 11 is 6.76. The maximum Gasteiger partial charge on any atom is 0.289 e. The first-order chi connectivity index (χ1) is 12.1. The monoisotopic (exact) mass is 383 g/mol. The van der Waals surface area contributed by atoms with Crippen LogP contribution < -0.4 is 21.1 Å². The molecule has 0 spiro atoms. The quantitative estimate of drug-likeness (QED) is 0.541. The van der Waals surface area contributed by atoms with Gasteiger partial charge in [0, 0.05) is 24.5 Å². The molecule has 1 amide bonds. The van der Waals surface area contributed by atoms with Gasteiger partial charge in [0.25, 0.3) is 5.91 Å². The summed E-state index contributed by atoms with van der Waals surface area (Å²) in [6.07, 6.45) is 4.84. The zero-order valence-corrected chi connectivity index (χ0v) is 16.0. The van der Waals surface area contributed by atoms with Crippen molar-refractivity contribution in [3.63, 3.8) is 0 Å². The number of carbonyl (C=O) groups excluding carboxylic acids is 1. The fraction of sp³-hybridized carbons (Fsp3) is 0.688. The Kier molecular flexibility index (Phi) is 6.44. The molecule has 1 aliphatic carbocycles. The van der Waals surface area contributed by atoms with E-state index in [2.05, 4.69) is 33.0 Å². The number of aromatic nitrogens is 1. The molecule has 3 N–H and O–H groups in total. The summed E-state index contributed by atoms with van der Waals surface area (Å²) in [5.41, 5.74) is 5.81. The highest BCUT2D eigenvalue weighted by molar-refractivity contribution is 7.80. The maximum atomic E-state index is 12.2. The van der Waals surface area contributed by atoms with Crippen LogP contribution in [0.1, 0.15) is 43.1 Å². The van der Waals surface area contributed by atoms with Gasteiger partial charge in [-0.1, -0.05) is 19.8 Å². The number of rotatable bonds is 3. The van der Waals surface area contributed by atoms with Crippen molar-refractivity contribution in [2.75, 3.05) is 31.2 Å². The second-order valence-corrected chi connectivity index (χ2v) is 7.78. The van der Waals surface area contributed by atoms with Gasteiger partial charge in [-0.25, -0.2) is 4.98 Å². The van der Waals surface area contributed by atoms with E-state index in [4.69, 9.17) is 17.0 Å². The molecule has 25 heavy (non-hydrogen) atoms. The third-order valence-corrected chi connectivity index (χ3v) is 5.85. The summed E-state index contributed by atoms with van der Waals surface area (Å²) in [6.45, 7) is 5.24. The van der Waals surface area contributed by atoms with Gasteiger partial charge in [0.1, 0.15) is 5.69 Å². The first-order valence-electron chi connectivity index (χ1n) is 8.78. The van der Waals surface area contributed by atoms with Gasteiger partial charge in [0.15, 0.2) is 10.2 Å². The summed E-state index contributed by atoms with van der Waals surface area (Å²) in [5.74, 6) is 0.315. The second-order valence-electron chi connectivity index (χ2n) is 6.54. The third-order valence-electron chi connectivity index (χ3n) is 4.72. The minimum Gasteiger partial charge on any atom is -0.378 e. The first-order valence-corrected chi connectivity index (χ1v) is 10.1. The van der Waals surface area contributed by atoms with Crippen molar-refractivity contribution in [3.8, 4) is 0 Å². The van der Waals surface area contributed by atoms with Crippen LogP contribution in [0.25, 0.3) is 0 Å². The number of hydrogen-bond acceptors (Lipinski definition) is 6. The Labute approximate surface area is 157 Å². The average molecular weight is 384 g/mol. The van der Waals surface area contributed by atoms with Gasteiger partial charge >= 0.3 is 0 Å². The molecule has 138 valence electrons. The molecule has 1 aromatic rings. The van der Waals surface area contributed by atoms with Crippen LogP contribution in [0.4, 0.5) is 5.13 Å². The molecule has 3 rings (SSSR count). The molecule has 1 saturated heterocycles. The molecule has 2 heterocycles. The number of thiocarbonyl (C=S) groups is 1. The molecular weight excluding hydrogens is 358 g/mol. The molecule has 0 unspecified atom stereocenters. The van der Waals surface area contributed by atoms with Crippen molar-refractivity contribution in [2.24, 2.45) is 5.92 Å². The predicted octanol–water partition coefficient (Wildman–Crippen LogP) is 1.67. The van der Waals surface area contributed by atoms with Gasteiger partial charge in [0.05, 0.1) is 13.2 Å². The SMILES string of the molecule is C[C@H]1CCCC[C@@H]1NC(=S)NNC(=O)c1csc(N2CCOCC2)n1. The fourth-order valence-electron chi connectivity index (χ4n) is 3.18. The number of carbonyl (C=O) groups is 1. The van der Waals surface area contributed by atoms with Crippen molar-refractivity contribution >= 4 is 39.7 Å². The standard InChI is InChI=1S/C16H25N5O2S2/c1-11-4-2-3-5-12(11)17-15(24)20-19-14(22)13-10-25-16(18-13)21-6-8-23-9-7-21/h10-12H,2-9H2,1H3,(H,19,22)(H2,17,20,24)/t11-,12-/m0/s1. The van der Waals surface area contributed by atoms with Gasteiger partial charge in [-0.15, -0.1) is 11.3 Å². The molecule has 1 saturated carbocycles. The van der Waals surface area contributed by atoms with Gasteiger partial charge in [0.2, 0.25) is 0 Å². The highest BCUT2D eigenvalue weighted by Crippen LogP contribution is 2.23. The third kappa shape index (κ3) is 5.02. The summed E-state index contributed by atoms with van der Waals surface area (Å²) in [7, 11) is 0. The van der Waals surface area contributed by atoms with Crippen molar-refractivity contribution < 1.29 is 9.53 Å². The molecule has 0 radical (unpaired) electrons. The van der Waals surface area contributed by atoms with Crippen LogP contribution in [0.3, 0.4) is 0 Å². The van der Waals surface area contributed by atoms with Crippen molar-refractivity contribution in [1.82, 2.24) is 21.2 Å². The zero-order chi connectivity index (χ0) is 17.6. The average Bonchev–Trinajstić information content (AvgIpc) is 3.13. The number of hydrazine groups is 1. The van der Waals surface area contributed by atoms with Gasteiger partial charge in [-0.3, -0.25) is 15.6 Å². The van der Waals surface area contributed by atoms with E-state index < -0.39 is 0 Å². The van der Waals surface area contributed by atoms with Crippen LogP contribution in [0.5, 0.6) is 0 Å². The van der Waals surface area contributed by atoms with Crippen molar-refractivity contribution in [2.45, 2.75) is 38.6 Å². The largest absolute Gasteiger partial charge is 0.378 e. The number of nitrogens with zero attached hydrogens (tertiary/aromatic N) is 2. The van der Waals surface area contributed by atoms with Crippen LogP contribution in [-0.4, -0.2) is 48.3 Å². The van der Waals surface area contributed by atoms with Gasteiger partial charge in [-0.05, 0) is 31.0 Å². The predicted molar refractivity (Wildman–Crippen MR) is 103 cm³/mol. The lowest BCUT2D eigenvalue weighted by atomic mass is 9.86. The molecule has 0 aromatic carbocycles. The molecule has 1 aromatic heterocycles. The molecule has 2 fully saturated rings. The Hall–Kier alpha value is -1.45. The number of anilines is 1. The number of thiazole rings is 1. The maximum absolute atomic E-state index is 12.2. The van der Waals surface area contributed by atoms with Gasteiger partial charge < -0.3 is 15.0 Å². The summed E-state index contributed by atoms with van der Waals surface area (Å²) < 4.78 is 5.33. The van der Waals surface area contributed by atoms with Crippen LogP contribution >= 0.6 is 23.6 Å². The molecule has 2 aliphatic rings. The van der Waals surface area contributed by atoms with E-state index in [9.17, 15) is 4.79 Å². The molecular formula is C16H25N5O2S2. The number of hydrogen-bond donors (Lipinski definition) is 3. The van der Waals surface area contributed by atoms with Crippen LogP contribution in [0, 0.1) is 5.92 Å². The Morgan fingerprint density at radius 1 is 1.32 bits per heavy atom. The Balaban J connectivity index is 1.45. The normalized spacial score (nSPS) is 23.8. The lowest BCUT2D eigenvalue weighted by Crippen LogP contribution is -2.51. The van der Waals surface area contributed by atoms with Gasteiger partial charge in [-0.2, -0.15) is 0 Å². The number of morpholine rings is 1. The number of ether oxygens (including phenoxy) is 1. The zero-order valence-electron chi connectivity index (χ0n) is 14.4. The lowest BCUT2D eigenvalue weighted by molar-refractivity contribution is 0.0939. The van der Waals surface area contributed by atoms with E-state index in [1.165, 1.54) is 30.6 Å². The summed E-state index contributed by atoms with van der Waals surface area (Å²) in [6, 6.07) is 0.373. The highest BCUT2D eigenvalue weighted by Gasteiger charge is 2.22. The van der Waals surface area contributed by atoms with E-state index in [-0.39, 0.29) is 5.91 Å². The summed E-state index contributed by atoms with van der Waals surface area (Å²) in [5, 5.41) is 6.37. The van der Waals surface area contributed by atoms with Crippen LogP contribution in [0.15, 0.2) is 5.38 Å². The number of amides is 1. The van der Waals surface area contributed by atoms with E-state index in [1.807, 2.05) is 0 Å². The second kappa shape index (κ2) is 8.77. The summed E-state index contributed by atoms with van der Waals surface area (Å²) in [4.78, 5) is 18.8. The molecule has 9 heteroatoms. The van der Waals surface area contributed by atoms with Crippen LogP contribution in [0.2, 0.25) is 0 Å².